The highest BCUT2D eigenvalue weighted by Gasteiger charge is 2.14. The number of halogens is 1. The summed E-state index contributed by atoms with van der Waals surface area (Å²) in [7, 11) is -2.08. The molecule has 25 heavy (non-hydrogen) atoms. The summed E-state index contributed by atoms with van der Waals surface area (Å²) in [6, 6.07) is 5.87. The first-order valence-corrected chi connectivity index (χ1v) is 9.27. The third-order valence-corrected chi connectivity index (χ3v) is 5.14. The summed E-state index contributed by atoms with van der Waals surface area (Å²) in [5.41, 5.74) is 1.63. The van der Waals surface area contributed by atoms with E-state index in [0.717, 1.165) is 19.5 Å². The van der Waals surface area contributed by atoms with Crippen LogP contribution < -0.4 is 15.4 Å². The lowest BCUT2D eigenvalue weighted by Gasteiger charge is -2.14. The number of carbonyl (C=O) groups is 1. The van der Waals surface area contributed by atoms with Crippen LogP contribution in [0.4, 0.5) is 0 Å². The predicted octanol–water partition coefficient (Wildman–Crippen LogP) is 0.683. The fourth-order valence-electron chi connectivity index (χ4n) is 2.27. The molecule has 1 heterocycles. The van der Waals surface area contributed by atoms with Gasteiger partial charge in [0, 0.05) is 32.3 Å². The molecule has 0 saturated heterocycles. The lowest BCUT2D eigenvalue weighted by molar-refractivity contribution is 0.0956. The molecule has 1 aromatic rings. The molecule has 1 aliphatic heterocycles. The number of amides is 1. The number of ether oxygens (including phenoxy) is 1. The van der Waals surface area contributed by atoms with Crippen molar-refractivity contribution in [1.82, 2.24) is 15.4 Å². The van der Waals surface area contributed by atoms with Crippen molar-refractivity contribution in [2.45, 2.75) is 11.3 Å². The summed E-state index contributed by atoms with van der Waals surface area (Å²) in [4.78, 5) is 12.2. The summed E-state index contributed by atoms with van der Waals surface area (Å²) >= 11 is 0. The predicted molar refractivity (Wildman–Crippen MR) is 98.7 cm³/mol. The van der Waals surface area contributed by atoms with Gasteiger partial charge in [0.25, 0.3) is 5.91 Å². The van der Waals surface area contributed by atoms with E-state index in [9.17, 15) is 13.2 Å². The van der Waals surface area contributed by atoms with E-state index >= 15 is 0 Å². The summed E-state index contributed by atoms with van der Waals surface area (Å²) in [5.74, 6) is -0.217. The van der Waals surface area contributed by atoms with Gasteiger partial charge in [-0.2, -0.15) is 0 Å². The Morgan fingerprint density at radius 3 is 2.60 bits per heavy atom. The standard InChI is InChI=1S/C16H23N3O4S.ClH/c1-23-11-10-19-24(21,22)15-4-2-14(3-5-15)16(20)18-12-13-6-8-17-9-7-13;/h2-6,17,19H,7-12H2,1H3,(H,18,20);1H. The molecule has 1 aromatic carbocycles. The second-order valence-corrected chi connectivity index (χ2v) is 7.18. The number of carbonyl (C=O) groups excluding carboxylic acids is 1. The van der Waals surface area contributed by atoms with Gasteiger partial charge in [-0.15, -0.1) is 12.4 Å². The molecule has 0 fully saturated rings. The molecular weight excluding hydrogens is 366 g/mol. The Morgan fingerprint density at radius 1 is 1.28 bits per heavy atom. The van der Waals surface area contributed by atoms with Crippen molar-refractivity contribution in [2.24, 2.45) is 0 Å². The van der Waals surface area contributed by atoms with E-state index in [2.05, 4.69) is 21.4 Å². The molecule has 2 rings (SSSR count). The second kappa shape index (κ2) is 10.5. The molecule has 0 aliphatic carbocycles. The molecule has 0 radical (unpaired) electrons. The molecule has 0 unspecified atom stereocenters. The van der Waals surface area contributed by atoms with E-state index in [0.29, 0.717) is 18.7 Å². The first kappa shape index (κ1) is 21.6. The van der Waals surface area contributed by atoms with Crippen LogP contribution in [0.25, 0.3) is 0 Å². The highest BCUT2D eigenvalue weighted by molar-refractivity contribution is 7.89. The van der Waals surface area contributed by atoms with Crippen molar-refractivity contribution < 1.29 is 17.9 Å². The Balaban J connectivity index is 0.00000312. The Morgan fingerprint density at radius 2 is 2.00 bits per heavy atom. The average molecular weight is 390 g/mol. The van der Waals surface area contributed by atoms with Gasteiger partial charge in [-0.1, -0.05) is 11.6 Å². The van der Waals surface area contributed by atoms with Gasteiger partial charge in [-0.3, -0.25) is 4.79 Å². The maximum atomic E-state index is 12.1. The van der Waals surface area contributed by atoms with Gasteiger partial charge in [0.05, 0.1) is 11.5 Å². The quantitative estimate of drug-likeness (QED) is 0.449. The highest BCUT2D eigenvalue weighted by Crippen LogP contribution is 2.11. The summed E-state index contributed by atoms with van der Waals surface area (Å²) in [6.07, 6.45) is 3.00. The van der Waals surface area contributed by atoms with Crippen LogP contribution in [0.3, 0.4) is 0 Å². The first-order valence-electron chi connectivity index (χ1n) is 7.78. The summed E-state index contributed by atoms with van der Waals surface area (Å²) in [6.45, 7) is 2.76. The third-order valence-electron chi connectivity index (χ3n) is 3.66. The number of benzene rings is 1. The number of hydrogen-bond acceptors (Lipinski definition) is 5. The van der Waals surface area contributed by atoms with E-state index in [4.69, 9.17) is 4.74 Å². The molecule has 0 atom stereocenters. The maximum Gasteiger partial charge on any atom is 0.251 e. The molecule has 140 valence electrons. The summed E-state index contributed by atoms with van der Waals surface area (Å²) < 4.78 is 31.3. The van der Waals surface area contributed by atoms with Crippen LogP contribution in [-0.2, 0) is 14.8 Å². The van der Waals surface area contributed by atoms with Crippen LogP contribution in [0.2, 0.25) is 0 Å². The fraction of sp³-hybridized carbons (Fsp3) is 0.438. The summed E-state index contributed by atoms with van der Waals surface area (Å²) in [5, 5.41) is 6.06. The molecule has 1 amide bonds. The van der Waals surface area contributed by atoms with E-state index in [1.807, 2.05) is 0 Å². The molecule has 0 aromatic heterocycles. The van der Waals surface area contributed by atoms with Crippen LogP contribution in [0, 0.1) is 0 Å². The van der Waals surface area contributed by atoms with Gasteiger partial charge in [0.15, 0.2) is 0 Å². The number of nitrogens with one attached hydrogen (secondary N) is 3. The molecular formula is C16H24ClN3O4S. The van der Waals surface area contributed by atoms with E-state index in [1.165, 1.54) is 36.9 Å². The highest BCUT2D eigenvalue weighted by atomic mass is 35.5. The topological polar surface area (TPSA) is 96.5 Å². The van der Waals surface area contributed by atoms with Crippen molar-refractivity contribution in [3.05, 3.63) is 41.5 Å². The fourth-order valence-corrected chi connectivity index (χ4v) is 3.29. The third kappa shape index (κ3) is 6.75. The van der Waals surface area contributed by atoms with Crippen molar-refractivity contribution in [3.63, 3.8) is 0 Å². The molecule has 1 aliphatic rings. The second-order valence-electron chi connectivity index (χ2n) is 5.41. The van der Waals surface area contributed by atoms with Crippen LogP contribution >= 0.6 is 12.4 Å². The van der Waals surface area contributed by atoms with E-state index in [1.54, 1.807) is 0 Å². The molecule has 0 spiro atoms. The zero-order valence-corrected chi connectivity index (χ0v) is 15.7. The van der Waals surface area contributed by atoms with Gasteiger partial charge < -0.3 is 15.4 Å². The minimum atomic E-state index is -3.58. The maximum absolute atomic E-state index is 12.1. The normalized spacial score (nSPS) is 14.4. The zero-order valence-electron chi connectivity index (χ0n) is 14.1. The Kier molecular flexibility index (Phi) is 9.09. The van der Waals surface area contributed by atoms with Gasteiger partial charge >= 0.3 is 0 Å². The van der Waals surface area contributed by atoms with Crippen LogP contribution in [0.5, 0.6) is 0 Å². The van der Waals surface area contributed by atoms with Crippen molar-refractivity contribution in [1.29, 1.82) is 0 Å². The van der Waals surface area contributed by atoms with Gasteiger partial charge in [-0.05, 0) is 37.2 Å². The average Bonchev–Trinajstić information content (AvgIpc) is 2.61. The first-order chi connectivity index (χ1) is 11.5. The molecule has 0 saturated carbocycles. The van der Waals surface area contributed by atoms with E-state index in [-0.39, 0.29) is 29.8 Å². The molecule has 3 N–H and O–H groups in total. The van der Waals surface area contributed by atoms with Crippen molar-refractivity contribution in [3.8, 4) is 0 Å². The lowest BCUT2D eigenvalue weighted by Crippen LogP contribution is -2.30. The Labute approximate surface area is 154 Å². The zero-order chi connectivity index (χ0) is 17.4. The molecule has 7 nitrogen and oxygen atoms in total. The lowest BCUT2D eigenvalue weighted by atomic mass is 10.1. The minimum Gasteiger partial charge on any atom is -0.383 e. The minimum absolute atomic E-state index is 0. The smallest absolute Gasteiger partial charge is 0.251 e. The van der Waals surface area contributed by atoms with E-state index < -0.39 is 10.0 Å². The monoisotopic (exact) mass is 389 g/mol. The van der Waals surface area contributed by atoms with Crippen LogP contribution in [0.15, 0.2) is 40.8 Å². The van der Waals surface area contributed by atoms with Crippen LogP contribution in [0.1, 0.15) is 16.8 Å². The number of sulfonamides is 1. The van der Waals surface area contributed by atoms with Gasteiger partial charge in [0.1, 0.15) is 0 Å². The Bertz CT molecular complexity index is 690. The van der Waals surface area contributed by atoms with Crippen molar-refractivity contribution in [2.75, 3.05) is 39.9 Å². The number of hydrogen-bond donors (Lipinski definition) is 3. The number of rotatable bonds is 8. The van der Waals surface area contributed by atoms with Gasteiger partial charge in [-0.25, -0.2) is 13.1 Å². The Hall–Kier alpha value is -1.45. The van der Waals surface area contributed by atoms with Crippen molar-refractivity contribution >= 4 is 28.3 Å². The SMILES string of the molecule is COCCNS(=O)(=O)c1ccc(C(=O)NCC2=CCNCC2)cc1.Cl. The largest absolute Gasteiger partial charge is 0.383 e. The molecule has 9 heteroatoms. The van der Waals surface area contributed by atoms with Gasteiger partial charge in [0.2, 0.25) is 10.0 Å². The molecule has 0 bridgehead atoms. The van der Waals surface area contributed by atoms with Crippen LogP contribution in [-0.4, -0.2) is 54.2 Å². The number of methoxy groups -OCH3 is 1.